The minimum Gasteiger partial charge on any atom is -0.195 e. The fourth-order valence-corrected chi connectivity index (χ4v) is 4.14. The molecule has 0 aromatic heterocycles. The third-order valence-corrected chi connectivity index (χ3v) is 5.60. The van der Waals surface area contributed by atoms with Gasteiger partial charge in [0.15, 0.2) is 0 Å². The van der Waals surface area contributed by atoms with E-state index >= 15 is 0 Å². The Hall–Kier alpha value is -0.130. The van der Waals surface area contributed by atoms with Gasteiger partial charge in [0.1, 0.15) is 0 Å². The van der Waals surface area contributed by atoms with Crippen LogP contribution in [0.25, 0.3) is 0 Å². The fourth-order valence-electron chi connectivity index (χ4n) is 2.57. The lowest BCUT2D eigenvalue weighted by atomic mass is 10.1. The van der Waals surface area contributed by atoms with Crippen LogP contribution in [0.5, 0.6) is 0 Å². The van der Waals surface area contributed by atoms with Crippen molar-refractivity contribution in [2.24, 2.45) is 0 Å². The molecule has 1 saturated heterocycles. The zero-order valence-electron chi connectivity index (χ0n) is 9.35. The summed E-state index contributed by atoms with van der Waals surface area (Å²) in [5.41, 5.74) is 0. The van der Waals surface area contributed by atoms with E-state index in [4.69, 9.17) is 0 Å². The van der Waals surface area contributed by atoms with E-state index in [2.05, 4.69) is 0 Å². The van der Waals surface area contributed by atoms with Crippen LogP contribution in [0.4, 0.5) is 0 Å². The van der Waals surface area contributed by atoms with E-state index in [-0.39, 0.29) is 6.04 Å². The molecular formula is C10H20N2O2S. The van der Waals surface area contributed by atoms with Gasteiger partial charge in [0, 0.05) is 26.2 Å². The zero-order chi connectivity index (χ0) is 10.9. The molecule has 0 bridgehead atoms. The Morgan fingerprint density at radius 1 is 1.00 bits per heavy atom. The summed E-state index contributed by atoms with van der Waals surface area (Å²) in [7, 11) is -1.44. The molecule has 15 heavy (non-hydrogen) atoms. The standard InChI is InChI=1S/C10H20N2O2S/c1-11-8-9-12(15(11,13)14)10-6-4-2-3-5-7-10/h10H,2-9H2,1H3. The maximum Gasteiger partial charge on any atom is 0.282 e. The highest BCUT2D eigenvalue weighted by Crippen LogP contribution is 2.27. The van der Waals surface area contributed by atoms with E-state index < -0.39 is 10.2 Å². The van der Waals surface area contributed by atoms with Crippen molar-refractivity contribution in [2.45, 2.75) is 44.6 Å². The van der Waals surface area contributed by atoms with Crippen LogP contribution < -0.4 is 0 Å². The summed E-state index contributed by atoms with van der Waals surface area (Å²) in [6, 6.07) is 0.266. The molecule has 1 heterocycles. The number of hydrogen-bond donors (Lipinski definition) is 0. The van der Waals surface area contributed by atoms with Crippen molar-refractivity contribution in [3.8, 4) is 0 Å². The van der Waals surface area contributed by atoms with E-state index in [9.17, 15) is 8.42 Å². The summed E-state index contributed by atoms with van der Waals surface area (Å²) in [5, 5.41) is 0. The second-order valence-electron chi connectivity index (χ2n) is 4.59. The molecule has 2 aliphatic rings. The molecule has 4 nitrogen and oxygen atoms in total. The van der Waals surface area contributed by atoms with Crippen LogP contribution in [0.15, 0.2) is 0 Å². The van der Waals surface area contributed by atoms with Gasteiger partial charge >= 0.3 is 0 Å². The lowest BCUT2D eigenvalue weighted by Gasteiger charge is -2.25. The molecule has 5 heteroatoms. The van der Waals surface area contributed by atoms with Crippen LogP contribution in [0, 0.1) is 0 Å². The van der Waals surface area contributed by atoms with Gasteiger partial charge in [0.25, 0.3) is 10.2 Å². The average molecular weight is 232 g/mol. The van der Waals surface area contributed by atoms with Gasteiger partial charge in [-0.25, -0.2) is 0 Å². The summed E-state index contributed by atoms with van der Waals surface area (Å²) in [6.07, 6.45) is 6.99. The molecule has 0 N–H and O–H groups in total. The SMILES string of the molecule is CN1CCN(C2CCCCCC2)S1(=O)=O. The Morgan fingerprint density at radius 3 is 2.07 bits per heavy atom. The Kier molecular flexibility index (Phi) is 3.33. The van der Waals surface area contributed by atoms with Gasteiger partial charge < -0.3 is 0 Å². The maximum absolute atomic E-state index is 12.0. The summed E-state index contributed by atoms with van der Waals surface area (Å²) in [4.78, 5) is 0. The molecular weight excluding hydrogens is 212 g/mol. The van der Waals surface area contributed by atoms with Gasteiger partial charge in [-0.05, 0) is 12.8 Å². The second-order valence-corrected chi connectivity index (χ2v) is 6.57. The third-order valence-electron chi connectivity index (χ3n) is 3.56. The normalized spacial score (nSPS) is 30.5. The molecule has 88 valence electrons. The lowest BCUT2D eigenvalue weighted by molar-refractivity contribution is 0.316. The van der Waals surface area contributed by atoms with Gasteiger partial charge in [0.2, 0.25) is 0 Å². The van der Waals surface area contributed by atoms with Crippen molar-refractivity contribution >= 4 is 10.2 Å². The summed E-state index contributed by atoms with van der Waals surface area (Å²) >= 11 is 0. The van der Waals surface area contributed by atoms with Crippen molar-refractivity contribution in [1.82, 2.24) is 8.61 Å². The van der Waals surface area contributed by atoms with E-state index in [0.717, 1.165) is 12.8 Å². The van der Waals surface area contributed by atoms with E-state index in [0.29, 0.717) is 13.1 Å². The molecule has 0 atom stereocenters. The van der Waals surface area contributed by atoms with Crippen LogP contribution in [-0.2, 0) is 10.2 Å². The highest BCUT2D eigenvalue weighted by molar-refractivity contribution is 7.87. The van der Waals surface area contributed by atoms with Crippen LogP contribution in [-0.4, -0.2) is 43.2 Å². The van der Waals surface area contributed by atoms with Crippen LogP contribution in [0.1, 0.15) is 38.5 Å². The van der Waals surface area contributed by atoms with Crippen molar-refractivity contribution in [3.63, 3.8) is 0 Å². The summed E-state index contributed by atoms with van der Waals surface area (Å²) < 4.78 is 27.1. The molecule has 1 aliphatic carbocycles. The maximum atomic E-state index is 12.0. The lowest BCUT2D eigenvalue weighted by Crippen LogP contribution is -2.38. The highest BCUT2D eigenvalue weighted by Gasteiger charge is 2.38. The molecule has 0 aromatic carbocycles. The van der Waals surface area contributed by atoms with E-state index in [1.165, 1.54) is 30.0 Å². The van der Waals surface area contributed by atoms with Gasteiger partial charge in [-0.1, -0.05) is 25.7 Å². The smallest absolute Gasteiger partial charge is 0.195 e. The number of nitrogens with zero attached hydrogens (tertiary/aromatic N) is 2. The first-order valence-corrected chi connectivity index (χ1v) is 7.25. The number of hydrogen-bond acceptors (Lipinski definition) is 2. The molecule has 0 amide bonds. The van der Waals surface area contributed by atoms with Crippen LogP contribution in [0.3, 0.4) is 0 Å². The van der Waals surface area contributed by atoms with Crippen molar-refractivity contribution in [3.05, 3.63) is 0 Å². The first-order valence-electron chi connectivity index (χ1n) is 5.85. The van der Waals surface area contributed by atoms with Crippen molar-refractivity contribution < 1.29 is 8.42 Å². The monoisotopic (exact) mass is 232 g/mol. The minimum atomic E-state index is -3.11. The number of rotatable bonds is 1. The second kappa shape index (κ2) is 4.39. The van der Waals surface area contributed by atoms with Gasteiger partial charge in [0.05, 0.1) is 0 Å². The molecule has 1 aliphatic heterocycles. The Bertz CT molecular complexity index is 307. The Labute approximate surface area is 92.4 Å². The third kappa shape index (κ3) is 2.19. The van der Waals surface area contributed by atoms with Gasteiger partial charge in [-0.3, -0.25) is 0 Å². The Balaban J connectivity index is 2.10. The molecule has 2 rings (SSSR count). The summed E-state index contributed by atoms with van der Waals surface area (Å²) in [6.45, 7) is 1.34. The topological polar surface area (TPSA) is 40.6 Å². The van der Waals surface area contributed by atoms with Crippen molar-refractivity contribution in [2.75, 3.05) is 20.1 Å². The van der Waals surface area contributed by atoms with Crippen LogP contribution >= 0.6 is 0 Å². The van der Waals surface area contributed by atoms with Crippen LogP contribution in [0.2, 0.25) is 0 Å². The average Bonchev–Trinajstić information content (AvgIpc) is 2.46. The largest absolute Gasteiger partial charge is 0.282 e. The predicted molar refractivity (Wildman–Crippen MR) is 59.7 cm³/mol. The summed E-state index contributed by atoms with van der Waals surface area (Å²) in [5.74, 6) is 0. The van der Waals surface area contributed by atoms with E-state index in [1.807, 2.05) is 0 Å². The number of likely N-dealkylation sites (N-methyl/N-ethyl adjacent to an activating group) is 1. The van der Waals surface area contributed by atoms with E-state index in [1.54, 1.807) is 11.4 Å². The molecule has 0 radical (unpaired) electrons. The van der Waals surface area contributed by atoms with Crippen molar-refractivity contribution in [1.29, 1.82) is 0 Å². The molecule has 1 saturated carbocycles. The molecule has 0 unspecified atom stereocenters. The molecule has 0 aromatic rings. The van der Waals surface area contributed by atoms with Gasteiger partial charge in [-0.2, -0.15) is 17.0 Å². The minimum absolute atomic E-state index is 0.266. The van der Waals surface area contributed by atoms with Gasteiger partial charge in [-0.15, -0.1) is 0 Å². The fraction of sp³-hybridized carbons (Fsp3) is 1.00. The first-order chi connectivity index (χ1) is 7.12. The first kappa shape index (κ1) is 11.4. The Morgan fingerprint density at radius 2 is 1.60 bits per heavy atom. The predicted octanol–water partition coefficient (Wildman–Crippen LogP) is 1.20. The highest BCUT2D eigenvalue weighted by atomic mass is 32.2. The quantitative estimate of drug-likeness (QED) is 0.637. The molecule has 0 spiro atoms. The zero-order valence-corrected chi connectivity index (χ0v) is 10.2. The molecule has 2 fully saturated rings.